The molecule has 1 aromatic rings. The summed E-state index contributed by atoms with van der Waals surface area (Å²) >= 11 is 0. The van der Waals surface area contributed by atoms with Crippen LogP contribution in [0.25, 0.3) is 0 Å². The molecule has 1 aromatic carbocycles. The highest BCUT2D eigenvalue weighted by molar-refractivity contribution is 5.95. The number of ether oxygens (including phenoxy) is 2. The van der Waals surface area contributed by atoms with E-state index in [0.717, 1.165) is 0 Å². The summed E-state index contributed by atoms with van der Waals surface area (Å²) in [5, 5.41) is 5.72. The predicted octanol–water partition coefficient (Wildman–Crippen LogP) is 0.687. The molecule has 1 saturated heterocycles. The number of hydrogen-bond donors (Lipinski definition) is 2. The van der Waals surface area contributed by atoms with Gasteiger partial charge in [-0.1, -0.05) is 0 Å². The number of carbonyl (C=O) groups excluding carboxylic acids is 1. The molecule has 0 bridgehead atoms. The van der Waals surface area contributed by atoms with Gasteiger partial charge in [0.25, 0.3) is 0 Å². The normalized spacial score (nSPS) is 18.4. The molecule has 1 aliphatic rings. The van der Waals surface area contributed by atoms with E-state index in [9.17, 15) is 9.18 Å². The second-order valence-corrected chi connectivity index (χ2v) is 5.35. The van der Waals surface area contributed by atoms with E-state index in [2.05, 4.69) is 15.6 Å². The van der Waals surface area contributed by atoms with Gasteiger partial charge in [-0.25, -0.2) is 4.39 Å². The number of benzene rings is 1. The number of rotatable bonds is 5. The zero-order valence-corrected chi connectivity index (χ0v) is 13.9. The standard InChI is InChI=1S/C16H23FN4O3/c1-18-16(21-7-8-24-14(10-21)11-23-2)19-9-15(22)20-13-5-3-12(17)4-6-13/h3-6,14H,7-11H2,1-2H3,(H,18,19)(H,20,22). The number of amides is 1. The molecule has 1 amide bonds. The Morgan fingerprint density at radius 1 is 1.46 bits per heavy atom. The summed E-state index contributed by atoms with van der Waals surface area (Å²) in [6.07, 6.45) is -0.0182. The quantitative estimate of drug-likeness (QED) is 0.610. The summed E-state index contributed by atoms with van der Waals surface area (Å²) < 4.78 is 23.6. The molecule has 132 valence electrons. The van der Waals surface area contributed by atoms with Crippen molar-refractivity contribution in [2.45, 2.75) is 6.10 Å². The van der Waals surface area contributed by atoms with Gasteiger partial charge >= 0.3 is 0 Å². The van der Waals surface area contributed by atoms with E-state index in [1.54, 1.807) is 14.2 Å². The molecule has 8 heteroatoms. The van der Waals surface area contributed by atoms with Crippen LogP contribution in [0.3, 0.4) is 0 Å². The van der Waals surface area contributed by atoms with Crippen LogP contribution in [0.4, 0.5) is 10.1 Å². The van der Waals surface area contributed by atoms with Gasteiger partial charge in [-0.15, -0.1) is 0 Å². The Kier molecular flexibility index (Phi) is 6.95. The molecule has 2 rings (SSSR count). The van der Waals surface area contributed by atoms with Crippen LogP contribution in [-0.4, -0.2) is 69.9 Å². The number of hydrogen-bond acceptors (Lipinski definition) is 4. The summed E-state index contributed by atoms with van der Waals surface area (Å²) in [5.74, 6) is 0.0579. The molecule has 1 fully saturated rings. The van der Waals surface area contributed by atoms with Crippen molar-refractivity contribution in [1.82, 2.24) is 10.2 Å². The Morgan fingerprint density at radius 2 is 2.21 bits per heavy atom. The van der Waals surface area contributed by atoms with E-state index < -0.39 is 0 Å². The second kappa shape index (κ2) is 9.19. The highest BCUT2D eigenvalue weighted by atomic mass is 19.1. The van der Waals surface area contributed by atoms with Gasteiger partial charge < -0.3 is 25.0 Å². The van der Waals surface area contributed by atoms with Crippen molar-refractivity contribution in [2.75, 3.05) is 52.3 Å². The maximum Gasteiger partial charge on any atom is 0.243 e. The molecule has 0 aliphatic carbocycles. The van der Waals surface area contributed by atoms with Crippen molar-refractivity contribution in [3.63, 3.8) is 0 Å². The molecule has 7 nitrogen and oxygen atoms in total. The van der Waals surface area contributed by atoms with Crippen LogP contribution in [0, 0.1) is 5.82 Å². The lowest BCUT2D eigenvalue weighted by atomic mass is 10.3. The van der Waals surface area contributed by atoms with Gasteiger partial charge in [0.05, 0.1) is 25.9 Å². The first kappa shape index (κ1) is 18.2. The molecule has 2 N–H and O–H groups in total. The monoisotopic (exact) mass is 338 g/mol. The van der Waals surface area contributed by atoms with E-state index in [1.165, 1.54) is 24.3 Å². The molecule has 1 heterocycles. The lowest BCUT2D eigenvalue weighted by Gasteiger charge is -2.34. The zero-order chi connectivity index (χ0) is 17.4. The third kappa shape index (κ3) is 5.47. The third-order valence-electron chi connectivity index (χ3n) is 3.54. The van der Waals surface area contributed by atoms with E-state index in [1.807, 2.05) is 4.90 Å². The predicted molar refractivity (Wildman–Crippen MR) is 89.6 cm³/mol. The van der Waals surface area contributed by atoms with E-state index in [0.29, 0.717) is 38.0 Å². The third-order valence-corrected chi connectivity index (χ3v) is 3.54. The van der Waals surface area contributed by atoms with Gasteiger partial charge in [0.2, 0.25) is 5.91 Å². The largest absolute Gasteiger partial charge is 0.382 e. The van der Waals surface area contributed by atoms with Crippen LogP contribution in [0.5, 0.6) is 0 Å². The van der Waals surface area contributed by atoms with Gasteiger partial charge in [0.15, 0.2) is 5.96 Å². The van der Waals surface area contributed by atoms with Gasteiger partial charge in [0.1, 0.15) is 5.82 Å². The van der Waals surface area contributed by atoms with Crippen molar-refractivity contribution in [1.29, 1.82) is 0 Å². The average Bonchev–Trinajstić information content (AvgIpc) is 2.58. The molecule has 0 spiro atoms. The Balaban J connectivity index is 1.82. The maximum absolute atomic E-state index is 12.9. The Hall–Kier alpha value is -2.19. The molecular formula is C16H23FN4O3. The number of guanidine groups is 1. The van der Waals surface area contributed by atoms with Gasteiger partial charge in [-0.2, -0.15) is 0 Å². The second-order valence-electron chi connectivity index (χ2n) is 5.35. The Morgan fingerprint density at radius 3 is 2.88 bits per heavy atom. The fraction of sp³-hybridized carbons (Fsp3) is 0.500. The van der Waals surface area contributed by atoms with Gasteiger partial charge in [-0.3, -0.25) is 9.79 Å². The topological polar surface area (TPSA) is 75.2 Å². The minimum Gasteiger partial charge on any atom is -0.382 e. The molecule has 0 aromatic heterocycles. The van der Waals surface area contributed by atoms with E-state index in [-0.39, 0.29) is 24.4 Å². The number of nitrogens with one attached hydrogen (secondary N) is 2. The summed E-state index contributed by atoms with van der Waals surface area (Å²) in [7, 11) is 3.30. The van der Waals surface area contributed by atoms with Crippen molar-refractivity contribution in [3.05, 3.63) is 30.1 Å². The van der Waals surface area contributed by atoms with Crippen LogP contribution >= 0.6 is 0 Å². The van der Waals surface area contributed by atoms with Crippen molar-refractivity contribution >= 4 is 17.6 Å². The lowest BCUT2D eigenvalue weighted by molar-refractivity contribution is -0.115. The lowest BCUT2D eigenvalue weighted by Crippen LogP contribution is -2.52. The molecule has 1 unspecified atom stereocenters. The first-order chi connectivity index (χ1) is 11.6. The summed E-state index contributed by atoms with van der Waals surface area (Å²) in [6, 6.07) is 5.62. The number of aliphatic imine (C=N–C) groups is 1. The molecule has 24 heavy (non-hydrogen) atoms. The van der Waals surface area contributed by atoms with Crippen LogP contribution in [0.1, 0.15) is 0 Å². The number of morpholine rings is 1. The number of halogens is 1. The van der Waals surface area contributed by atoms with Crippen molar-refractivity contribution in [3.8, 4) is 0 Å². The summed E-state index contributed by atoms with van der Waals surface area (Å²) in [5.41, 5.74) is 0.546. The van der Waals surface area contributed by atoms with Gasteiger partial charge in [0, 0.05) is 32.9 Å². The van der Waals surface area contributed by atoms with Crippen molar-refractivity contribution < 1.29 is 18.7 Å². The van der Waals surface area contributed by atoms with Crippen LogP contribution < -0.4 is 10.6 Å². The zero-order valence-electron chi connectivity index (χ0n) is 13.9. The fourth-order valence-electron chi connectivity index (χ4n) is 2.43. The van der Waals surface area contributed by atoms with Crippen molar-refractivity contribution in [2.24, 2.45) is 4.99 Å². The number of carbonyl (C=O) groups is 1. The highest BCUT2D eigenvalue weighted by Gasteiger charge is 2.23. The number of anilines is 1. The van der Waals surface area contributed by atoms with E-state index in [4.69, 9.17) is 9.47 Å². The summed E-state index contributed by atoms with van der Waals surface area (Å²) in [6.45, 7) is 2.50. The molecule has 1 atom stereocenters. The van der Waals surface area contributed by atoms with Crippen LogP contribution in [0.15, 0.2) is 29.3 Å². The first-order valence-electron chi connectivity index (χ1n) is 7.74. The van der Waals surface area contributed by atoms with E-state index >= 15 is 0 Å². The number of methoxy groups -OCH3 is 1. The fourth-order valence-corrected chi connectivity index (χ4v) is 2.43. The molecule has 0 saturated carbocycles. The minimum absolute atomic E-state index is 0.0182. The SMILES string of the molecule is CN=C(NCC(=O)Nc1ccc(F)cc1)N1CCOC(COC)C1. The average molecular weight is 338 g/mol. The minimum atomic E-state index is -0.343. The van der Waals surface area contributed by atoms with Gasteiger partial charge in [-0.05, 0) is 24.3 Å². The van der Waals surface area contributed by atoms with Crippen LogP contribution in [-0.2, 0) is 14.3 Å². The van der Waals surface area contributed by atoms with Crippen LogP contribution in [0.2, 0.25) is 0 Å². The molecular weight excluding hydrogens is 315 g/mol. The Labute approximate surface area is 140 Å². The first-order valence-corrected chi connectivity index (χ1v) is 7.74. The molecule has 1 aliphatic heterocycles. The summed E-state index contributed by atoms with van der Waals surface area (Å²) in [4.78, 5) is 18.2. The molecule has 0 radical (unpaired) electrons. The Bertz CT molecular complexity index is 563. The highest BCUT2D eigenvalue weighted by Crippen LogP contribution is 2.08. The number of nitrogens with zero attached hydrogens (tertiary/aromatic N) is 2. The maximum atomic E-state index is 12.9. The smallest absolute Gasteiger partial charge is 0.243 e.